The zero-order valence-electron chi connectivity index (χ0n) is 14.4. The second-order valence-corrected chi connectivity index (χ2v) is 5.60. The molecule has 0 aliphatic rings. The van der Waals surface area contributed by atoms with E-state index in [1.807, 2.05) is 37.3 Å². The fourth-order valence-corrected chi connectivity index (χ4v) is 2.15. The lowest BCUT2D eigenvalue weighted by Crippen LogP contribution is -2.14. The summed E-state index contributed by atoms with van der Waals surface area (Å²) >= 11 is 0. The van der Waals surface area contributed by atoms with Gasteiger partial charge in [0.05, 0.1) is 24.3 Å². The molecule has 0 aliphatic carbocycles. The van der Waals surface area contributed by atoms with E-state index in [0.29, 0.717) is 12.5 Å². The van der Waals surface area contributed by atoms with Crippen molar-refractivity contribution in [1.82, 2.24) is 9.88 Å². The average Bonchev–Trinajstić information content (AvgIpc) is 2.55. The van der Waals surface area contributed by atoms with Crippen LogP contribution < -0.4 is 4.74 Å². The molecule has 1 aromatic heterocycles. The fourth-order valence-electron chi connectivity index (χ4n) is 2.15. The van der Waals surface area contributed by atoms with Crippen LogP contribution in [0.1, 0.15) is 23.7 Å². The Morgan fingerprint density at radius 3 is 2.65 bits per heavy atom. The first kappa shape index (κ1) is 17.0. The summed E-state index contributed by atoms with van der Waals surface area (Å²) in [5.74, 6) is 0.652. The van der Waals surface area contributed by atoms with E-state index in [2.05, 4.69) is 48.1 Å². The summed E-state index contributed by atoms with van der Waals surface area (Å²) in [6.45, 7) is 7.71. The lowest BCUT2D eigenvalue weighted by atomic mass is 10.1. The predicted molar refractivity (Wildman–Crippen MR) is 95.8 cm³/mol. The molecule has 0 unspecified atom stereocenters. The predicted octanol–water partition coefficient (Wildman–Crippen LogP) is 3.93. The van der Waals surface area contributed by atoms with Gasteiger partial charge in [-0.3, -0.25) is 0 Å². The van der Waals surface area contributed by atoms with Gasteiger partial charge in [-0.15, -0.1) is 0 Å². The van der Waals surface area contributed by atoms with Crippen molar-refractivity contribution < 1.29 is 4.74 Å². The summed E-state index contributed by atoms with van der Waals surface area (Å²) in [5, 5.41) is 0. The van der Waals surface area contributed by atoms with Gasteiger partial charge in [-0.05, 0) is 38.0 Å². The number of ether oxygens (including phenoxy) is 1. The molecule has 2 aromatic rings. The third kappa shape index (κ3) is 5.09. The van der Waals surface area contributed by atoms with Gasteiger partial charge in [0.15, 0.2) is 0 Å². The van der Waals surface area contributed by atoms with Crippen LogP contribution >= 0.6 is 0 Å². The molecule has 0 radical (unpaired) electrons. The van der Waals surface area contributed by atoms with E-state index in [1.165, 1.54) is 11.1 Å². The minimum absolute atomic E-state index is 0.623. The van der Waals surface area contributed by atoms with Crippen molar-refractivity contribution in [3.63, 3.8) is 0 Å². The molecular formula is C19H25N3O. The molecule has 23 heavy (non-hydrogen) atoms. The second kappa shape index (κ2) is 8.32. The molecule has 0 spiro atoms. The highest BCUT2D eigenvalue weighted by atomic mass is 16.5. The molecule has 0 saturated heterocycles. The summed E-state index contributed by atoms with van der Waals surface area (Å²) in [5.41, 5.74) is 4.36. The standard InChI is InChI=1S/C19H25N3O/c1-5-22(4)14-20-18-10-11-19(21-16(18)3)23-13-12-17-9-7-6-8-15(17)2/h6-11,14H,5,12-13H2,1-4H3/b20-14+. The average molecular weight is 311 g/mol. The Bertz CT molecular complexity index is 667. The Balaban J connectivity index is 1.93. The first-order valence-electron chi connectivity index (χ1n) is 7.99. The van der Waals surface area contributed by atoms with Crippen LogP contribution in [0.25, 0.3) is 0 Å². The van der Waals surface area contributed by atoms with Crippen molar-refractivity contribution in [2.75, 3.05) is 20.2 Å². The number of aryl methyl sites for hydroxylation is 2. The molecule has 0 N–H and O–H groups in total. The Hall–Kier alpha value is -2.36. The van der Waals surface area contributed by atoms with E-state index >= 15 is 0 Å². The number of hydrogen-bond acceptors (Lipinski definition) is 3. The maximum atomic E-state index is 5.77. The lowest BCUT2D eigenvalue weighted by molar-refractivity contribution is 0.309. The second-order valence-electron chi connectivity index (χ2n) is 5.60. The van der Waals surface area contributed by atoms with E-state index in [9.17, 15) is 0 Å². The molecule has 0 bridgehead atoms. The molecule has 1 aromatic carbocycles. The van der Waals surface area contributed by atoms with Crippen molar-refractivity contribution in [3.8, 4) is 5.88 Å². The van der Waals surface area contributed by atoms with Gasteiger partial charge >= 0.3 is 0 Å². The van der Waals surface area contributed by atoms with Crippen LogP contribution in [0.4, 0.5) is 5.69 Å². The third-order valence-electron chi connectivity index (χ3n) is 3.81. The van der Waals surface area contributed by atoms with Crippen LogP contribution in [0.3, 0.4) is 0 Å². The van der Waals surface area contributed by atoms with Crippen molar-refractivity contribution in [2.24, 2.45) is 4.99 Å². The molecule has 0 amide bonds. The molecule has 1 heterocycles. The first-order chi connectivity index (χ1) is 11.1. The normalized spacial score (nSPS) is 11.0. The first-order valence-corrected chi connectivity index (χ1v) is 7.99. The Morgan fingerprint density at radius 2 is 1.96 bits per heavy atom. The maximum absolute atomic E-state index is 5.77. The summed E-state index contributed by atoms with van der Waals surface area (Å²) in [4.78, 5) is 10.9. The molecule has 2 rings (SSSR count). The summed E-state index contributed by atoms with van der Waals surface area (Å²) in [6.07, 6.45) is 2.71. The minimum atomic E-state index is 0.623. The van der Waals surface area contributed by atoms with Crippen molar-refractivity contribution in [2.45, 2.75) is 27.2 Å². The maximum Gasteiger partial charge on any atom is 0.213 e. The number of pyridine rings is 1. The zero-order valence-corrected chi connectivity index (χ0v) is 14.4. The highest BCUT2D eigenvalue weighted by Crippen LogP contribution is 2.20. The van der Waals surface area contributed by atoms with Crippen molar-refractivity contribution >= 4 is 12.0 Å². The van der Waals surface area contributed by atoms with Crippen LogP contribution in [-0.2, 0) is 6.42 Å². The molecule has 0 saturated carbocycles. The minimum Gasteiger partial charge on any atom is -0.477 e. The fraction of sp³-hybridized carbons (Fsp3) is 0.368. The summed E-state index contributed by atoms with van der Waals surface area (Å²) < 4.78 is 5.77. The summed E-state index contributed by atoms with van der Waals surface area (Å²) in [6, 6.07) is 12.2. The molecule has 122 valence electrons. The number of aromatic nitrogens is 1. The van der Waals surface area contributed by atoms with Crippen LogP contribution in [0.2, 0.25) is 0 Å². The number of hydrogen-bond donors (Lipinski definition) is 0. The highest BCUT2D eigenvalue weighted by Gasteiger charge is 2.03. The van der Waals surface area contributed by atoms with Crippen LogP contribution in [0, 0.1) is 13.8 Å². The topological polar surface area (TPSA) is 37.7 Å². The van der Waals surface area contributed by atoms with E-state index in [4.69, 9.17) is 4.74 Å². The molecule has 4 heteroatoms. The highest BCUT2D eigenvalue weighted by molar-refractivity contribution is 5.62. The van der Waals surface area contributed by atoms with Gasteiger partial charge in [-0.25, -0.2) is 9.98 Å². The monoisotopic (exact) mass is 311 g/mol. The van der Waals surface area contributed by atoms with Crippen LogP contribution in [-0.4, -0.2) is 36.4 Å². The number of benzene rings is 1. The molecule has 4 nitrogen and oxygen atoms in total. The van der Waals surface area contributed by atoms with Crippen molar-refractivity contribution in [1.29, 1.82) is 0 Å². The van der Waals surface area contributed by atoms with Gasteiger partial charge in [0, 0.05) is 26.1 Å². The largest absolute Gasteiger partial charge is 0.477 e. The smallest absolute Gasteiger partial charge is 0.213 e. The Kier molecular flexibility index (Phi) is 6.15. The van der Waals surface area contributed by atoms with Crippen LogP contribution in [0.15, 0.2) is 41.4 Å². The summed E-state index contributed by atoms with van der Waals surface area (Å²) in [7, 11) is 2.00. The van der Waals surface area contributed by atoms with E-state index < -0.39 is 0 Å². The molecule has 0 aliphatic heterocycles. The van der Waals surface area contributed by atoms with Gasteiger partial charge in [-0.2, -0.15) is 0 Å². The number of nitrogens with zero attached hydrogens (tertiary/aromatic N) is 3. The zero-order chi connectivity index (χ0) is 16.7. The van der Waals surface area contributed by atoms with Gasteiger partial charge < -0.3 is 9.64 Å². The lowest BCUT2D eigenvalue weighted by Gasteiger charge is -2.10. The van der Waals surface area contributed by atoms with Gasteiger partial charge in [0.25, 0.3) is 0 Å². The van der Waals surface area contributed by atoms with E-state index in [1.54, 1.807) is 0 Å². The van der Waals surface area contributed by atoms with Crippen LogP contribution in [0.5, 0.6) is 5.88 Å². The van der Waals surface area contributed by atoms with Crippen molar-refractivity contribution in [3.05, 3.63) is 53.2 Å². The number of aliphatic imine (C=N–C) groups is 1. The SMILES string of the molecule is CCN(C)/C=N/c1ccc(OCCc2ccccc2C)nc1C. The van der Waals surface area contributed by atoms with Gasteiger partial charge in [0.1, 0.15) is 0 Å². The van der Waals surface area contributed by atoms with E-state index in [-0.39, 0.29) is 0 Å². The Morgan fingerprint density at radius 1 is 1.17 bits per heavy atom. The van der Waals surface area contributed by atoms with Gasteiger partial charge in [-0.1, -0.05) is 24.3 Å². The molecule has 0 atom stereocenters. The third-order valence-corrected chi connectivity index (χ3v) is 3.81. The van der Waals surface area contributed by atoms with E-state index in [0.717, 1.165) is 24.3 Å². The molecule has 0 fully saturated rings. The molecular weight excluding hydrogens is 286 g/mol. The Labute approximate surface area is 138 Å². The van der Waals surface area contributed by atoms with Gasteiger partial charge in [0.2, 0.25) is 5.88 Å². The number of rotatable bonds is 7. The quantitative estimate of drug-likeness (QED) is 0.574.